The van der Waals surface area contributed by atoms with Gasteiger partial charge in [0.25, 0.3) is 11.7 Å². The second-order valence-electron chi connectivity index (χ2n) is 6.34. The Labute approximate surface area is 169 Å². The molecule has 4 rings (SSSR count). The van der Waals surface area contributed by atoms with E-state index in [9.17, 15) is 18.0 Å². The Hall–Kier alpha value is -3.06. The summed E-state index contributed by atoms with van der Waals surface area (Å²) >= 11 is 0.469. The molecule has 1 aliphatic rings. The van der Waals surface area contributed by atoms with Crippen molar-refractivity contribution in [2.45, 2.75) is 17.2 Å². The molecule has 1 heterocycles. The number of aliphatic imine (C=N–C) groups is 1. The minimum atomic E-state index is -2.49. The molecule has 0 unspecified atom stereocenters. The lowest BCUT2D eigenvalue weighted by Gasteiger charge is -2.19. The van der Waals surface area contributed by atoms with Gasteiger partial charge in [0.05, 0.1) is 12.1 Å². The first-order valence-electron chi connectivity index (χ1n) is 8.81. The first-order chi connectivity index (χ1) is 14.0. The summed E-state index contributed by atoms with van der Waals surface area (Å²) in [5.74, 6) is -3.40. The highest BCUT2D eigenvalue weighted by Crippen LogP contribution is 2.32. The summed E-state index contributed by atoms with van der Waals surface area (Å²) in [6, 6.07) is 19.8. The van der Waals surface area contributed by atoms with Crippen LogP contribution in [0.2, 0.25) is 0 Å². The Morgan fingerprint density at radius 1 is 0.966 bits per heavy atom. The van der Waals surface area contributed by atoms with Gasteiger partial charge in [0.1, 0.15) is 11.7 Å². The Morgan fingerprint density at radius 2 is 1.66 bits per heavy atom. The Bertz CT molecular complexity index is 1080. The number of alkyl halides is 2. The second-order valence-corrected chi connectivity index (χ2v) is 7.40. The van der Waals surface area contributed by atoms with Crippen LogP contribution in [0, 0.1) is 5.82 Å². The van der Waals surface area contributed by atoms with Crippen LogP contribution >= 0.6 is 11.8 Å². The molecule has 0 aliphatic carbocycles. The zero-order valence-corrected chi connectivity index (χ0v) is 15.9. The summed E-state index contributed by atoms with van der Waals surface area (Å²) in [6.45, 7) is 0.473. The number of nitrogens with zero attached hydrogens (tertiary/aromatic N) is 2. The van der Waals surface area contributed by atoms with E-state index in [1.165, 1.54) is 18.2 Å². The summed E-state index contributed by atoms with van der Waals surface area (Å²) in [7, 11) is 0. The third-order valence-corrected chi connectivity index (χ3v) is 5.25. The molecule has 3 aromatic carbocycles. The van der Waals surface area contributed by atoms with Crippen LogP contribution in [0.3, 0.4) is 0 Å². The zero-order valence-electron chi connectivity index (χ0n) is 15.1. The fourth-order valence-corrected chi connectivity index (χ4v) is 3.70. The quantitative estimate of drug-likeness (QED) is 0.512. The topological polar surface area (TPSA) is 32.7 Å². The summed E-state index contributed by atoms with van der Waals surface area (Å²) < 4.78 is 39.1. The normalized spacial score (nSPS) is 14.5. The molecule has 0 aromatic heterocycles. The fraction of sp³-hybridized carbons (Fsp3) is 0.0909. The van der Waals surface area contributed by atoms with Gasteiger partial charge in [0, 0.05) is 16.1 Å². The van der Waals surface area contributed by atoms with E-state index >= 15 is 0 Å². The monoisotopic (exact) mass is 412 g/mol. The molecule has 1 amide bonds. The van der Waals surface area contributed by atoms with E-state index in [4.69, 9.17) is 0 Å². The number of halogens is 3. The minimum absolute atomic E-state index is 0.104. The Kier molecular flexibility index (Phi) is 5.40. The number of carbonyl (C=O) groups is 1. The van der Waals surface area contributed by atoms with E-state index in [-0.39, 0.29) is 5.56 Å². The smallest absolute Gasteiger partial charge is 0.288 e. The van der Waals surface area contributed by atoms with Crippen molar-refractivity contribution in [1.82, 2.24) is 0 Å². The molecule has 0 radical (unpaired) electrons. The van der Waals surface area contributed by atoms with Crippen LogP contribution in [0.4, 0.5) is 18.9 Å². The van der Waals surface area contributed by atoms with Crippen LogP contribution in [-0.4, -0.2) is 17.5 Å². The van der Waals surface area contributed by atoms with Gasteiger partial charge in [-0.2, -0.15) is 13.8 Å². The molecule has 0 N–H and O–H groups in total. The van der Waals surface area contributed by atoms with Crippen molar-refractivity contribution in [3.8, 4) is 0 Å². The second kappa shape index (κ2) is 8.13. The maximum absolute atomic E-state index is 14.0. The molecule has 0 saturated heterocycles. The highest BCUT2D eigenvalue weighted by atomic mass is 32.2. The number of amides is 1. The highest BCUT2D eigenvalue weighted by Gasteiger charge is 2.28. The van der Waals surface area contributed by atoms with Crippen molar-refractivity contribution in [2.75, 3.05) is 4.90 Å². The van der Waals surface area contributed by atoms with Gasteiger partial charge >= 0.3 is 0 Å². The van der Waals surface area contributed by atoms with Crippen molar-refractivity contribution in [2.24, 2.45) is 4.99 Å². The predicted molar refractivity (Wildman–Crippen MR) is 108 cm³/mol. The fourth-order valence-electron chi connectivity index (χ4n) is 3.20. The van der Waals surface area contributed by atoms with Crippen molar-refractivity contribution in [1.29, 1.82) is 0 Å². The lowest BCUT2D eigenvalue weighted by atomic mass is 10.1. The van der Waals surface area contributed by atoms with E-state index in [0.717, 1.165) is 11.1 Å². The SMILES string of the molecule is O=C(N=C1c2ccccc2CN1c1ccc(SC(F)F)cc1)c1ccccc1F. The van der Waals surface area contributed by atoms with E-state index < -0.39 is 17.5 Å². The molecule has 0 bridgehead atoms. The lowest BCUT2D eigenvalue weighted by Crippen LogP contribution is -2.25. The summed E-state index contributed by atoms with van der Waals surface area (Å²) in [5, 5.41) is 0. The molecule has 1 aliphatic heterocycles. The van der Waals surface area contributed by atoms with Crippen LogP contribution in [0.5, 0.6) is 0 Å². The van der Waals surface area contributed by atoms with Crippen LogP contribution in [0.15, 0.2) is 82.7 Å². The summed E-state index contributed by atoms with van der Waals surface area (Å²) in [4.78, 5) is 19.1. The van der Waals surface area contributed by atoms with Gasteiger partial charge in [-0.25, -0.2) is 4.39 Å². The average Bonchev–Trinajstić information content (AvgIpc) is 3.07. The van der Waals surface area contributed by atoms with Crippen LogP contribution in [0.25, 0.3) is 0 Å². The molecule has 0 saturated carbocycles. The third-order valence-electron chi connectivity index (χ3n) is 4.53. The minimum Gasteiger partial charge on any atom is -0.321 e. The average molecular weight is 412 g/mol. The highest BCUT2D eigenvalue weighted by molar-refractivity contribution is 7.99. The first kappa shape index (κ1) is 19.3. The maximum atomic E-state index is 14.0. The van der Waals surface area contributed by atoms with Crippen molar-refractivity contribution in [3.05, 3.63) is 95.3 Å². The number of hydrogen-bond acceptors (Lipinski definition) is 2. The van der Waals surface area contributed by atoms with Gasteiger partial charge in [0.15, 0.2) is 0 Å². The van der Waals surface area contributed by atoms with Gasteiger partial charge in [-0.1, -0.05) is 48.2 Å². The molecule has 0 atom stereocenters. The van der Waals surface area contributed by atoms with Crippen LogP contribution in [0.1, 0.15) is 21.5 Å². The molecule has 0 fully saturated rings. The lowest BCUT2D eigenvalue weighted by molar-refractivity contribution is 0.0999. The molecular weight excluding hydrogens is 397 g/mol. The molecule has 0 spiro atoms. The van der Waals surface area contributed by atoms with Crippen molar-refractivity contribution >= 4 is 29.2 Å². The third kappa shape index (κ3) is 4.05. The summed E-state index contributed by atoms with van der Waals surface area (Å²) in [6.07, 6.45) is 0. The largest absolute Gasteiger partial charge is 0.321 e. The van der Waals surface area contributed by atoms with Crippen LogP contribution in [-0.2, 0) is 6.54 Å². The van der Waals surface area contributed by atoms with Gasteiger partial charge in [0.2, 0.25) is 0 Å². The first-order valence-corrected chi connectivity index (χ1v) is 9.69. The zero-order chi connectivity index (χ0) is 20.4. The molecule has 29 heavy (non-hydrogen) atoms. The Morgan fingerprint density at radius 3 is 2.38 bits per heavy atom. The number of fused-ring (bicyclic) bond motifs is 1. The molecule has 146 valence electrons. The maximum Gasteiger partial charge on any atom is 0.288 e. The van der Waals surface area contributed by atoms with E-state index in [2.05, 4.69) is 4.99 Å². The van der Waals surface area contributed by atoms with Crippen molar-refractivity contribution < 1.29 is 18.0 Å². The van der Waals surface area contributed by atoms with E-state index in [0.29, 0.717) is 34.7 Å². The van der Waals surface area contributed by atoms with Gasteiger partial charge in [-0.3, -0.25) is 4.79 Å². The Balaban J connectivity index is 1.72. The van der Waals surface area contributed by atoms with Crippen molar-refractivity contribution in [3.63, 3.8) is 0 Å². The standard InChI is InChI=1S/C22H15F3N2OS/c23-19-8-4-3-7-18(19)21(28)26-20-17-6-2-1-5-14(17)13-27(20)15-9-11-16(12-10-15)29-22(24)25/h1-12,22H,13H2. The van der Waals surface area contributed by atoms with Gasteiger partial charge < -0.3 is 4.90 Å². The van der Waals surface area contributed by atoms with Gasteiger partial charge in [-0.05, 0) is 42.0 Å². The molecule has 3 aromatic rings. The number of hydrogen-bond donors (Lipinski definition) is 0. The number of thioether (sulfide) groups is 1. The molecule has 3 nitrogen and oxygen atoms in total. The predicted octanol–water partition coefficient (Wildman–Crippen LogP) is 5.75. The number of benzene rings is 3. The number of rotatable bonds is 4. The van der Waals surface area contributed by atoms with Crippen LogP contribution < -0.4 is 4.90 Å². The number of amidine groups is 1. The van der Waals surface area contributed by atoms with Gasteiger partial charge in [-0.15, -0.1) is 0 Å². The summed E-state index contributed by atoms with van der Waals surface area (Å²) in [5.41, 5.74) is 2.36. The van der Waals surface area contributed by atoms with E-state index in [1.54, 1.807) is 30.3 Å². The van der Waals surface area contributed by atoms with E-state index in [1.807, 2.05) is 29.2 Å². The number of carbonyl (C=O) groups excluding carboxylic acids is 1. The number of anilines is 1. The molecule has 7 heteroatoms. The molecular formula is C22H15F3N2OS.